The zero-order valence-electron chi connectivity index (χ0n) is 11.5. The van der Waals surface area contributed by atoms with Crippen LogP contribution in [0.15, 0.2) is 30.3 Å². The highest BCUT2D eigenvalue weighted by Gasteiger charge is 2.19. The standard InChI is InChI=1S/C15H12FIN2O2S/c1-7-2-4-9-12(15(20)21)14(22-13(9)18-7)19-11-5-3-8(17)6-10(11)16/h2-6,15,19-21H,1H3. The van der Waals surface area contributed by atoms with E-state index in [1.54, 1.807) is 24.3 Å². The van der Waals surface area contributed by atoms with E-state index in [1.165, 1.54) is 17.4 Å². The van der Waals surface area contributed by atoms with E-state index in [9.17, 15) is 14.6 Å². The number of rotatable bonds is 3. The maximum absolute atomic E-state index is 14.0. The van der Waals surface area contributed by atoms with E-state index in [4.69, 9.17) is 0 Å². The number of nitrogens with zero attached hydrogens (tertiary/aromatic N) is 1. The van der Waals surface area contributed by atoms with Gasteiger partial charge in [-0.25, -0.2) is 9.37 Å². The van der Waals surface area contributed by atoms with E-state index in [0.29, 0.717) is 20.8 Å². The lowest BCUT2D eigenvalue weighted by molar-refractivity contribution is -0.0405. The second kappa shape index (κ2) is 6.07. The quantitative estimate of drug-likeness (QED) is 0.433. The zero-order valence-corrected chi connectivity index (χ0v) is 14.4. The second-order valence-electron chi connectivity index (χ2n) is 4.77. The summed E-state index contributed by atoms with van der Waals surface area (Å²) in [4.78, 5) is 5.06. The van der Waals surface area contributed by atoms with Crippen LogP contribution in [0.25, 0.3) is 10.2 Å². The number of anilines is 2. The summed E-state index contributed by atoms with van der Waals surface area (Å²) in [6.07, 6.45) is -1.66. The monoisotopic (exact) mass is 430 g/mol. The maximum atomic E-state index is 14.0. The van der Waals surface area contributed by atoms with Gasteiger partial charge in [0.15, 0.2) is 6.29 Å². The average molecular weight is 430 g/mol. The van der Waals surface area contributed by atoms with Gasteiger partial charge in [0.05, 0.1) is 11.3 Å². The Morgan fingerprint density at radius 1 is 1.27 bits per heavy atom. The molecule has 0 saturated heterocycles. The Bertz CT molecular complexity index is 851. The van der Waals surface area contributed by atoms with Crippen molar-refractivity contribution in [1.82, 2.24) is 4.98 Å². The number of aromatic nitrogens is 1. The Balaban J connectivity index is 2.11. The molecule has 0 saturated carbocycles. The number of aliphatic hydroxyl groups is 2. The molecule has 0 aliphatic carbocycles. The minimum atomic E-state index is -1.66. The van der Waals surface area contributed by atoms with Crippen molar-refractivity contribution in [2.45, 2.75) is 13.2 Å². The molecule has 1 aromatic carbocycles. The number of hydrogen-bond acceptors (Lipinski definition) is 5. The molecule has 3 rings (SSSR count). The molecule has 3 aromatic rings. The summed E-state index contributed by atoms with van der Waals surface area (Å²) in [6.45, 7) is 1.86. The smallest absolute Gasteiger partial charge is 0.182 e. The number of hydrogen-bond donors (Lipinski definition) is 3. The largest absolute Gasteiger partial charge is 0.364 e. The highest BCUT2D eigenvalue weighted by atomic mass is 127. The molecular weight excluding hydrogens is 418 g/mol. The third kappa shape index (κ3) is 2.94. The molecule has 0 unspecified atom stereocenters. The number of nitrogens with one attached hydrogen (secondary N) is 1. The summed E-state index contributed by atoms with van der Waals surface area (Å²) in [5, 5.41) is 23.4. The van der Waals surface area contributed by atoms with Crippen LogP contribution in [0.3, 0.4) is 0 Å². The van der Waals surface area contributed by atoms with E-state index in [2.05, 4.69) is 10.3 Å². The van der Waals surface area contributed by atoms with Gasteiger partial charge in [0.25, 0.3) is 0 Å². The Kier molecular flexibility index (Phi) is 4.31. The summed E-state index contributed by atoms with van der Waals surface area (Å²) >= 11 is 3.29. The Labute approximate surface area is 143 Å². The first-order valence-electron chi connectivity index (χ1n) is 6.44. The van der Waals surface area contributed by atoms with Crippen LogP contribution in [0.1, 0.15) is 17.5 Å². The van der Waals surface area contributed by atoms with Crippen LogP contribution in [-0.2, 0) is 0 Å². The molecule has 2 heterocycles. The van der Waals surface area contributed by atoms with E-state index in [-0.39, 0.29) is 5.69 Å². The first-order chi connectivity index (χ1) is 10.5. The van der Waals surface area contributed by atoms with Crippen LogP contribution in [-0.4, -0.2) is 15.2 Å². The maximum Gasteiger partial charge on any atom is 0.182 e. The van der Waals surface area contributed by atoms with Crippen molar-refractivity contribution >= 4 is 54.8 Å². The van der Waals surface area contributed by atoms with Gasteiger partial charge in [-0.1, -0.05) is 11.3 Å². The fourth-order valence-electron chi connectivity index (χ4n) is 2.15. The number of aryl methyl sites for hydroxylation is 1. The number of halogens is 2. The molecule has 4 nitrogen and oxygen atoms in total. The SMILES string of the molecule is Cc1ccc2c(C(O)O)c(Nc3ccc(I)cc3F)sc2n1. The fourth-order valence-corrected chi connectivity index (χ4v) is 3.76. The lowest BCUT2D eigenvalue weighted by Gasteiger charge is -2.10. The van der Waals surface area contributed by atoms with Crippen molar-refractivity contribution in [3.63, 3.8) is 0 Å². The Morgan fingerprint density at radius 3 is 2.73 bits per heavy atom. The molecule has 114 valence electrons. The molecule has 0 spiro atoms. The molecule has 0 bridgehead atoms. The number of thiophene rings is 1. The fraction of sp³-hybridized carbons (Fsp3) is 0.133. The molecule has 0 aliphatic rings. The molecular formula is C15H12FIN2O2S. The van der Waals surface area contributed by atoms with Gasteiger partial charge in [-0.3, -0.25) is 0 Å². The normalized spacial score (nSPS) is 11.4. The van der Waals surface area contributed by atoms with Crippen molar-refractivity contribution in [3.05, 3.63) is 51.0 Å². The molecule has 0 atom stereocenters. The summed E-state index contributed by atoms with van der Waals surface area (Å²) in [7, 11) is 0. The molecule has 3 N–H and O–H groups in total. The summed E-state index contributed by atoms with van der Waals surface area (Å²) in [5.41, 5.74) is 1.43. The van der Waals surface area contributed by atoms with Gasteiger partial charge < -0.3 is 15.5 Å². The van der Waals surface area contributed by atoms with Crippen molar-refractivity contribution < 1.29 is 14.6 Å². The summed E-state index contributed by atoms with van der Waals surface area (Å²) in [5.74, 6) is -0.396. The van der Waals surface area contributed by atoms with Gasteiger partial charge in [0.1, 0.15) is 15.6 Å². The van der Waals surface area contributed by atoms with Gasteiger partial charge in [0, 0.05) is 14.7 Å². The van der Waals surface area contributed by atoms with Crippen LogP contribution in [0.2, 0.25) is 0 Å². The van der Waals surface area contributed by atoms with Crippen molar-refractivity contribution in [2.24, 2.45) is 0 Å². The minimum absolute atomic E-state index is 0.283. The van der Waals surface area contributed by atoms with Crippen LogP contribution < -0.4 is 5.32 Å². The van der Waals surface area contributed by atoms with E-state index in [1.807, 2.05) is 29.5 Å². The Hall–Kier alpha value is -1.29. The molecule has 0 radical (unpaired) electrons. The van der Waals surface area contributed by atoms with Crippen molar-refractivity contribution in [3.8, 4) is 0 Å². The van der Waals surface area contributed by atoms with Gasteiger partial charge in [-0.2, -0.15) is 0 Å². The van der Waals surface area contributed by atoms with Crippen LogP contribution >= 0.6 is 33.9 Å². The van der Waals surface area contributed by atoms with E-state index >= 15 is 0 Å². The highest BCUT2D eigenvalue weighted by molar-refractivity contribution is 14.1. The molecule has 7 heteroatoms. The zero-order chi connectivity index (χ0) is 15.9. The lowest BCUT2D eigenvalue weighted by Crippen LogP contribution is -2.00. The number of pyridine rings is 1. The van der Waals surface area contributed by atoms with E-state index < -0.39 is 12.1 Å². The third-order valence-electron chi connectivity index (χ3n) is 3.17. The molecule has 0 aliphatic heterocycles. The van der Waals surface area contributed by atoms with Crippen LogP contribution in [0.4, 0.5) is 15.1 Å². The summed E-state index contributed by atoms with van der Waals surface area (Å²) in [6, 6.07) is 8.40. The topological polar surface area (TPSA) is 65.4 Å². The number of aliphatic hydroxyl groups excluding tert-OH is 1. The van der Waals surface area contributed by atoms with Gasteiger partial charge >= 0.3 is 0 Å². The third-order valence-corrected chi connectivity index (χ3v) is 4.87. The first-order valence-corrected chi connectivity index (χ1v) is 8.33. The highest BCUT2D eigenvalue weighted by Crippen LogP contribution is 2.40. The van der Waals surface area contributed by atoms with Gasteiger partial charge in [-0.05, 0) is 59.8 Å². The molecule has 0 amide bonds. The van der Waals surface area contributed by atoms with Gasteiger partial charge in [0.2, 0.25) is 0 Å². The summed E-state index contributed by atoms with van der Waals surface area (Å²) < 4.78 is 14.8. The van der Waals surface area contributed by atoms with Crippen molar-refractivity contribution in [1.29, 1.82) is 0 Å². The average Bonchev–Trinajstić information content (AvgIpc) is 2.79. The van der Waals surface area contributed by atoms with E-state index in [0.717, 1.165) is 9.26 Å². The second-order valence-corrected chi connectivity index (χ2v) is 7.02. The molecule has 22 heavy (non-hydrogen) atoms. The van der Waals surface area contributed by atoms with Gasteiger partial charge in [-0.15, -0.1) is 0 Å². The molecule has 2 aromatic heterocycles. The molecule has 0 fully saturated rings. The number of benzene rings is 1. The predicted octanol–water partition coefficient (Wildman–Crippen LogP) is 4.08. The predicted molar refractivity (Wildman–Crippen MR) is 93.9 cm³/mol. The minimum Gasteiger partial charge on any atom is -0.364 e. The number of fused-ring (bicyclic) bond motifs is 1. The first kappa shape index (κ1) is 15.6. The lowest BCUT2D eigenvalue weighted by atomic mass is 10.2. The van der Waals surface area contributed by atoms with Crippen LogP contribution in [0, 0.1) is 16.3 Å². The van der Waals surface area contributed by atoms with Crippen LogP contribution in [0.5, 0.6) is 0 Å². The Morgan fingerprint density at radius 2 is 2.05 bits per heavy atom. The van der Waals surface area contributed by atoms with Crippen molar-refractivity contribution in [2.75, 3.05) is 5.32 Å².